The maximum atomic E-state index is 12.2. The predicted octanol–water partition coefficient (Wildman–Crippen LogP) is 3.06. The van der Waals surface area contributed by atoms with Gasteiger partial charge in [-0.1, -0.05) is 24.3 Å². The highest BCUT2D eigenvalue weighted by molar-refractivity contribution is 5.83. The second-order valence-corrected chi connectivity index (χ2v) is 4.97. The quantitative estimate of drug-likeness (QED) is 0.837. The summed E-state index contributed by atoms with van der Waals surface area (Å²) in [7, 11) is 1.58. The highest BCUT2D eigenvalue weighted by Crippen LogP contribution is 2.15. The molecule has 2 aromatic rings. The van der Waals surface area contributed by atoms with Crippen molar-refractivity contribution in [3.8, 4) is 5.88 Å². The zero-order valence-corrected chi connectivity index (χ0v) is 12.1. The lowest BCUT2D eigenvalue weighted by Crippen LogP contribution is -2.09. The standard InChI is InChI=1S/C17H19NO2/c1-12-5-4-6-13(2)16(12)10-15(19)9-14-7-8-17(20-3)18-11-14/h4-8,11H,9-10H2,1-3H3. The summed E-state index contributed by atoms with van der Waals surface area (Å²) in [5, 5.41) is 0. The van der Waals surface area contributed by atoms with Crippen LogP contribution in [0.25, 0.3) is 0 Å². The van der Waals surface area contributed by atoms with Gasteiger partial charge in [0.1, 0.15) is 5.78 Å². The van der Waals surface area contributed by atoms with Gasteiger partial charge in [0.15, 0.2) is 0 Å². The first-order valence-corrected chi connectivity index (χ1v) is 6.66. The van der Waals surface area contributed by atoms with Gasteiger partial charge in [-0.25, -0.2) is 4.98 Å². The Kier molecular flexibility index (Phi) is 4.51. The molecule has 1 heterocycles. The van der Waals surface area contributed by atoms with E-state index in [2.05, 4.69) is 4.98 Å². The van der Waals surface area contributed by atoms with Crippen LogP contribution in [0.15, 0.2) is 36.5 Å². The number of pyridine rings is 1. The molecule has 0 aliphatic heterocycles. The Morgan fingerprint density at radius 3 is 2.35 bits per heavy atom. The zero-order valence-electron chi connectivity index (χ0n) is 12.1. The molecule has 0 atom stereocenters. The average molecular weight is 269 g/mol. The minimum Gasteiger partial charge on any atom is -0.481 e. The predicted molar refractivity (Wildman–Crippen MR) is 79.1 cm³/mol. The van der Waals surface area contributed by atoms with Gasteiger partial charge in [0.05, 0.1) is 7.11 Å². The topological polar surface area (TPSA) is 39.2 Å². The molecule has 1 aromatic carbocycles. The van der Waals surface area contributed by atoms with E-state index in [4.69, 9.17) is 4.74 Å². The number of hydrogen-bond donors (Lipinski definition) is 0. The van der Waals surface area contributed by atoms with Crippen molar-refractivity contribution in [2.75, 3.05) is 7.11 Å². The first-order valence-electron chi connectivity index (χ1n) is 6.66. The Balaban J connectivity index is 2.05. The van der Waals surface area contributed by atoms with Crippen LogP contribution in [-0.4, -0.2) is 17.9 Å². The summed E-state index contributed by atoms with van der Waals surface area (Å²) in [5.41, 5.74) is 4.40. The maximum Gasteiger partial charge on any atom is 0.212 e. The van der Waals surface area contributed by atoms with E-state index in [0.29, 0.717) is 18.7 Å². The number of aryl methyl sites for hydroxylation is 2. The van der Waals surface area contributed by atoms with Crippen LogP contribution in [0.5, 0.6) is 5.88 Å². The van der Waals surface area contributed by atoms with Gasteiger partial charge in [0, 0.05) is 25.1 Å². The Labute approximate surface area is 119 Å². The third-order valence-electron chi connectivity index (χ3n) is 3.43. The molecule has 0 bridgehead atoms. The Bertz CT molecular complexity index is 583. The largest absolute Gasteiger partial charge is 0.481 e. The molecule has 2 rings (SSSR count). The lowest BCUT2D eigenvalue weighted by molar-refractivity contribution is -0.117. The molecule has 0 N–H and O–H groups in total. The van der Waals surface area contributed by atoms with Gasteiger partial charge >= 0.3 is 0 Å². The highest BCUT2D eigenvalue weighted by Gasteiger charge is 2.09. The van der Waals surface area contributed by atoms with Gasteiger partial charge in [0.2, 0.25) is 5.88 Å². The molecule has 0 saturated heterocycles. The average Bonchev–Trinajstić information content (AvgIpc) is 2.44. The van der Waals surface area contributed by atoms with Crippen LogP contribution < -0.4 is 4.74 Å². The number of hydrogen-bond acceptors (Lipinski definition) is 3. The molecule has 0 amide bonds. The maximum absolute atomic E-state index is 12.2. The lowest BCUT2D eigenvalue weighted by Gasteiger charge is -2.09. The van der Waals surface area contributed by atoms with Gasteiger partial charge in [-0.3, -0.25) is 4.79 Å². The minimum absolute atomic E-state index is 0.203. The van der Waals surface area contributed by atoms with Crippen molar-refractivity contribution in [2.24, 2.45) is 0 Å². The van der Waals surface area contributed by atoms with Crippen molar-refractivity contribution >= 4 is 5.78 Å². The normalized spacial score (nSPS) is 10.3. The summed E-state index contributed by atoms with van der Waals surface area (Å²) >= 11 is 0. The number of rotatable bonds is 5. The lowest BCUT2D eigenvalue weighted by atomic mass is 9.96. The molecule has 3 heteroatoms. The summed E-state index contributed by atoms with van der Waals surface area (Å²) in [6.45, 7) is 4.09. The number of carbonyl (C=O) groups excluding carboxylic acids is 1. The molecule has 1 aromatic heterocycles. The van der Waals surface area contributed by atoms with Gasteiger partial charge in [-0.2, -0.15) is 0 Å². The van der Waals surface area contributed by atoms with Crippen molar-refractivity contribution in [2.45, 2.75) is 26.7 Å². The summed E-state index contributed by atoms with van der Waals surface area (Å²) in [6.07, 6.45) is 2.58. The molecule has 0 spiro atoms. The first kappa shape index (κ1) is 14.3. The van der Waals surface area contributed by atoms with Crippen molar-refractivity contribution in [3.05, 3.63) is 58.8 Å². The number of methoxy groups -OCH3 is 1. The smallest absolute Gasteiger partial charge is 0.212 e. The Morgan fingerprint density at radius 2 is 1.80 bits per heavy atom. The summed E-state index contributed by atoms with van der Waals surface area (Å²) in [6, 6.07) is 9.78. The molecule has 0 saturated carbocycles. The van der Waals surface area contributed by atoms with Crippen LogP contribution in [0, 0.1) is 13.8 Å². The van der Waals surface area contributed by atoms with E-state index in [1.54, 1.807) is 19.4 Å². The van der Waals surface area contributed by atoms with Crippen LogP contribution >= 0.6 is 0 Å². The Morgan fingerprint density at radius 1 is 1.10 bits per heavy atom. The molecular weight excluding hydrogens is 250 g/mol. The third-order valence-corrected chi connectivity index (χ3v) is 3.43. The molecule has 0 fully saturated rings. The van der Waals surface area contributed by atoms with Crippen LogP contribution in [0.3, 0.4) is 0 Å². The Hall–Kier alpha value is -2.16. The second-order valence-electron chi connectivity index (χ2n) is 4.97. The van der Waals surface area contributed by atoms with E-state index in [9.17, 15) is 4.79 Å². The van der Waals surface area contributed by atoms with Crippen LogP contribution in [0.2, 0.25) is 0 Å². The summed E-state index contributed by atoms with van der Waals surface area (Å²) in [4.78, 5) is 16.3. The number of Topliss-reactive ketones (excluding diaryl/α,β-unsaturated/α-hetero) is 1. The number of ether oxygens (including phenoxy) is 1. The van der Waals surface area contributed by atoms with Crippen molar-refractivity contribution in [1.29, 1.82) is 0 Å². The van der Waals surface area contributed by atoms with Crippen LogP contribution in [0.4, 0.5) is 0 Å². The molecule has 0 radical (unpaired) electrons. The van der Waals surface area contributed by atoms with Gasteiger partial charge < -0.3 is 4.74 Å². The molecule has 20 heavy (non-hydrogen) atoms. The van der Waals surface area contributed by atoms with Crippen LogP contribution in [-0.2, 0) is 17.6 Å². The second kappa shape index (κ2) is 6.33. The number of ketones is 1. The first-order chi connectivity index (χ1) is 9.60. The fourth-order valence-corrected chi connectivity index (χ4v) is 2.25. The SMILES string of the molecule is COc1ccc(CC(=O)Cc2c(C)cccc2C)cn1. The molecule has 0 aliphatic carbocycles. The number of benzene rings is 1. The number of nitrogens with zero attached hydrogens (tertiary/aromatic N) is 1. The van der Waals surface area contributed by atoms with Crippen molar-refractivity contribution in [1.82, 2.24) is 4.98 Å². The third kappa shape index (κ3) is 3.44. The van der Waals surface area contributed by atoms with Gasteiger partial charge in [0.25, 0.3) is 0 Å². The molecule has 3 nitrogen and oxygen atoms in total. The molecule has 104 valence electrons. The fraction of sp³-hybridized carbons (Fsp3) is 0.294. The van der Waals surface area contributed by atoms with Crippen molar-refractivity contribution in [3.63, 3.8) is 0 Å². The summed E-state index contributed by atoms with van der Waals surface area (Å²) < 4.78 is 5.01. The summed E-state index contributed by atoms with van der Waals surface area (Å²) in [5.74, 6) is 0.769. The van der Waals surface area contributed by atoms with E-state index < -0.39 is 0 Å². The number of carbonyl (C=O) groups is 1. The minimum atomic E-state index is 0.203. The van der Waals surface area contributed by atoms with Crippen molar-refractivity contribution < 1.29 is 9.53 Å². The van der Waals surface area contributed by atoms with E-state index in [0.717, 1.165) is 11.1 Å². The van der Waals surface area contributed by atoms with Crippen LogP contribution in [0.1, 0.15) is 22.3 Å². The fourth-order valence-electron chi connectivity index (χ4n) is 2.25. The zero-order chi connectivity index (χ0) is 14.5. The number of aromatic nitrogens is 1. The van der Waals surface area contributed by atoms with E-state index in [-0.39, 0.29) is 5.78 Å². The molecule has 0 aliphatic rings. The molecular formula is C17H19NO2. The highest BCUT2D eigenvalue weighted by atomic mass is 16.5. The molecule has 0 unspecified atom stereocenters. The van der Waals surface area contributed by atoms with Gasteiger partial charge in [-0.05, 0) is 36.1 Å². The van der Waals surface area contributed by atoms with E-state index in [1.807, 2.05) is 38.1 Å². The van der Waals surface area contributed by atoms with E-state index in [1.165, 1.54) is 11.1 Å². The van der Waals surface area contributed by atoms with Gasteiger partial charge in [-0.15, -0.1) is 0 Å². The van der Waals surface area contributed by atoms with E-state index >= 15 is 0 Å². The monoisotopic (exact) mass is 269 g/mol.